The van der Waals surface area contributed by atoms with Crippen LogP contribution < -0.4 is 35.1 Å². The van der Waals surface area contributed by atoms with Gasteiger partial charge in [-0.2, -0.15) is 0 Å². The summed E-state index contributed by atoms with van der Waals surface area (Å²) in [5, 5.41) is 0. The van der Waals surface area contributed by atoms with E-state index in [2.05, 4.69) is 9.44 Å². The molecule has 6 aromatic rings. The van der Waals surface area contributed by atoms with Crippen LogP contribution in [0.3, 0.4) is 0 Å². The Labute approximate surface area is 528 Å². The Hall–Kier alpha value is -8.09. The van der Waals surface area contributed by atoms with Crippen molar-refractivity contribution in [3.05, 3.63) is 178 Å². The van der Waals surface area contributed by atoms with Gasteiger partial charge in [-0.25, -0.2) is 75.4 Å². The first kappa shape index (κ1) is 75.4. The van der Waals surface area contributed by atoms with Crippen LogP contribution in [0.1, 0.15) is 83.9 Å². The van der Waals surface area contributed by atoms with E-state index in [1.165, 1.54) is 99.7 Å². The highest BCUT2D eigenvalue weighted by Gasteiger charge is 2.21. The van der Waals surface area contributed by atoms with Crippen LogP contribution in [0.2, 0.25) is 0 Å². The highest BCUT2D eigenvalue weighted by Crippen LogP contribution is 2.34. The number of hydrogen-bond acceptors (Lipinski definition) is 17. The van der Waals surface area contributed by atoms with Gasteiger partial charge in [0.05, 0.1) is 34.5 Å². The van der Waals surface area contributed by atoms with E-state index < -0.39 is 99.2 Å². The summed E-state index contributed by atoms with van der Waals surface area (Å²) in [6, 6.07) is 20.1. The Morgan fingerprint density at radius 2 is 0.670 bits per heavy atom. The third-order valence-electron chi connectivity index (χ3n) is 11.9. The van der Waals surface area contributed by atoms with Crippen LogP contribution in [0.15, 0.2) is 141 Å². The van der Waals surface area contributed by atoms with Crippen molar-refractivity contribution in [2.45, 2.75) is 81.9 Å². The molecule has 0 aliphatic heterocycles. The summed E-state index contributed by atoms with van der Waals surface area (Å²) in [7, 11) is -6.74. The second-order valence-electron chi connectivity index (χ2n) is 19.0. The van der Waals surface area contributed by atoms with Gasteiger partial charge in [0, 0.05) is 40.5 Å². The first-order valence-corrected chi connectivity index (χ1v) is 33.0. The lowest BCUT2D eigenvalue weighted by molar-refractivity contribution is -0.139. The van der Waals surface area contributed by atoms with Gasteiger partial charge >= 0.3 is 17.9 Å². The summed E-state index contributed by atoms with van der Waals surface area (Å²) in [5.74, 6) is -10.3. The molecular formula is C62H67ClF6N4O15S3. The van der Waals surface area contributed by atoms with Gasteiger partial charge in [-0.1, -0.05) is 0 Å². The Balaban J connectivity index is 0.000000441. The molecule has 0 heterocycles. The fraction of sp³-hybridized carbons (Fsp3) is 0.274. The molecule has 0 bridgehead atoms. The third-order valence-corrected chi connectivity index (χ3v) is 16.2. The number of carbonyl (C=O) groups is 3. The van der Waals surface area contributed by atoms with Crippen LogP contribution in [-0.4, -0.2) is 89.2 Å². The monoisotopic (exact) mass is 1350 g/mol. The zero-order valence-corrected chi connectivity index (χ0v) is 53.3. The molecule has 6 aromatic carbocycles. The van der Waals surface area contributed by atoms with E-state index in [1.807, 2.05) is 0 Å². The average Bonchev–Trinajstić information content (AvgIpc) is 0.936. The van der Waals surface area contributed by atoms with E-state index in [0.29, 0.717) is 0 Å². The fourth-order valence-electron chi connectivity index (χ4n) is 7.46. The van der Waals surface area contributed by atoms with Crippen LogP contribution in [0.5, 0.6) is 34.5 Å². The molecule has 492 valence electrons. The van der Waals surface area contributed by atoms with E-state index in [9.17, 15) is 66.0 Å². The normalized spacial score (nSPS) is 12.0. The summed E-state index contributed by atoms with van der Waals surface area (Å²) < 4.78 is 196. The lowest BCUT2D eigenvalue weighted by atomic mass is 10.1. The number of benzene rings is 6. The van der Waals surface area contributed by atoms with Crippen molar-refractivity contribution in [1.82, 2.24) is 9.44 Å². The zero-order chi connectivity index (χ0) is 67.6. The molecule has 0 amide bonds. The Morgan fingerprint density at radius 3 is 0.890 bits per heavy atom. The van der Waals surface area contributed by atoms with Crippen molar-refractivity contribution in [3.8, 4) is 34.5 Å². The van der Waals surface area contributed by atoms with Gasteiger partial charge in [-0.3, -0.25) is 0 Å². The lowest BCUT2D eigenvalue weighted by Gasteiger charge is -2.11. The number of esters is 3. The summed E-state index contributed by atoms with van der Waals surface area (Å²) in [5.41, 5.74) is 11.0. The minimum Gasteiger partial charge on any atom is -0.463 e. The molecule has 29 heteroatoms. The van der Waals surface area contributed by atoms with Crippen molar-refractivity contribution in [3.63, 3.8) is 0 Å². The molecular weight excluding hydrogens is 1290 g/mol. The van der Waals surface area contributed by atoms with Gasteiger partial charge in [0.15, 0.2) is 52.2 Å². The molecule has 0 saturated carbocycles. The molecule has 91 heavy (non-hydrogen) atoms. The largest absolute Gasteiger partial charge is 0.463 e. The molecule has 0 aromatic heterocycles. The zero-order valence-electron chi connectivity index (χ0n) is 50.1. The first-order valence-electron chi connectivity index (χ1n) is 27.7. The van der Waals surface area contributed by atoms with Gasteiger partial charge in [0.2, 0.25) is 20.0 Å². The standard InChI is InChI=1S/C40H40F4N2O10S2.C18H15ClF2O5S.C4H12N2/c1-5-53-39(47)25(3)19-27-21-33(41)37(34(42)22-27)55-29-9-13-31(14-10-29)57(49,50)45-17-7-8-18-46-58(51,52)32-15-11-30(12-16-32)56-38-35(43)23-28(24-36(38)44)20-26(4)40(48)54-6-2;1-3-25-18(22)11(2)8-12-9-15(20)17(16(21)10-12)26-13-4-6-14(7-5-13)27(19,23)24;5-3-1-2-4-6/h9-16,19-24,45-46H,5-8,17-18H2,1-4H3;4-10H,3H2,1-2H3;1-6H2/b25-19+,26-20+;11-8+;. The first-order chi connectivity index (χ1) is 43.0. The molecule has 6 N–H and O–H groups in total. The van der Waals surface area contributed by atoms with Crippen LogP contribution in [0.4, 0.5) is 26.3 Å². The van der Waals surface area contributed by atoms with Crippen LogP contribution in [-0.2, 0) is 57.7 Å². The number of unbranched alkanes of at least 4 members (excludes halogenated alkanes) is 2. The van der Waals surface area contributed by atoms with Crippen molar-refractivity contribution >= 4 is 75.9 Å². The number of nitrogens with two attached hydrogens (primary N) is 2. The number of carbonyl (C=O) groups excluding carboxylic acids is 3. The SMILES string of the molecule is CCOC(=O)/C(C)=C/c1cc(F)c(Oc2ccc(S(=O)(=O)Cl)cc2)c(F)c1.CCOC(=O)/C(C)=C/c1cc(F)c(Oc2ccc(S(=O)(=O)NCCCCNS(=O)(=O)c3ccc(Oc4c(F)cc(/C=C(\C)C(=O)OCC)cc4F)cc3)cc2)c(F)c1.NCCCCN. The van der Waals surface area contributed by atoms with Crippen molar-refractivity contribution in [2.24, 2.45) is 11.5 Å². The van der Waals surface area contributed by atoms with Crippen LogP contribution >= 0.6 is 10.7 Å². The Morgan fingerprint density at radius 1 is 0.429 bits per heavy atom. The number of rotatable bonds is 28. The number of hydrogen-bond donors (Lipinski definition) is 4. The Kier molecular flexibility index (Phi) is 29.9. The molecule has 0 spiro atoms. The molecule has 0 aliphatic carbocycles. The highest BCUT2D eigenvalue weighted by atomic mass is 35.7. The minimum atomic E-state index is -4.01. The molecule has 0 radical (unpaired) electrons. The second kappa shape index (κ2) is 36.1. The summed E-state index contributed by atoms with van der Waals surface area (Å²) >= 11 is 0. The van der Waals surface area contributed by atoms with Gasteiger partial charge in [0.1, 0.15) is 17.2 Å². The third kappa shape index (κ3) is 24.2. The number of sulfonamides is 2. The molecule has 0 unspecified atom stereocenters. The van der Waals surface area contributed by atoms with Crippen molar-refractivity contribution < 1.29 is 94.4 Å². The number of nitrogens with one attached hydrogen (secondary N) is 2. The summed E-state index contributed by atoms with van der Waals surface area (Å²) in [4.78, 5) is 34.7. The van der Waals surface area contributed by atoms with Gasteiger partial charge in [-0.05, 0) is 224 Å². The van der Waals surface area contributed by atoms with Crippen molar-refractivity contribution in [1.29, 1.82) is 0 Å². The molecule has 0 fully saturated rings. The van der Waals surface area contributed by atoms with Gasteiger partial charge in [-0.15, -0.1) is 0 Å². The maximum Gasteiger partial charge on any atom is 0.333 e. The van der Waals surface area contributed by atoms with E-state index in [0.717, 1.165) is 74.5 Å². The van der Waals surface area contributed by atoms with Crippen LogP contribution in [0.25, 0.3) is 18.2 Å². The van der Waals surface area contributed by atoms with E-state index in [-0.39, 0.29) is 111 Å². The topological polar surface area (TPSA) is 285 Å². The average molecular weight is 1350 g/mol. The predicted molar refractivity (Wildman–Crippen MR) is 329 cm³/mol. The predicted octanol–water partition coefficient (Wildman–Crippen LogP) is 12.1. The van der Waals surface area contributed by atoms with Crippen LogP contribution in [0, 0.1) is 34.9 Å². The van der Waals surface area contributed by atoms with E-state index in [4.69, 9.17) is 50.6 Å². The lowest BCUT2D eigenvalue weighted by Crippen LogP contribution is -2.27. The number of ether oxygens (including phenoxy) is 6. The van der Waals surface area contributed by atoms with E-state index in [1.54, 1.807) is 20.8 Å². The smallest absolute Gasteiger partial charge is 0.333 e. The highest BCUT2D eigenvalue weighted by molar-refractivity contribution is 8.13. The summed E-state index contributed by atoms with van der Waals surface area (Å²) in [6.07, 6.45) is 6.42. The molecule has 6 rings (SSSR count). The maximum absolute atomic E-state index is 14.7. The second-order valence-corrected chi connectivity index (χ2v) is 25.1. The van der Waals surface area contributed by atoms with E-state index >= 15 is 0 Å². The molecule has 19 nitrogen and oxygen atoms in total. The Bertz CT molecular complexity index is 3690. The quantitative estimate of drug-likeness (QED) is 0.00886. The molecule has 0 atom stereocenters. The van der Waals surface area contributed by atoms with Gasteiger partial charge in [0.25, 0.3) is 9.05 Å². The fourth-order valence-corrected chi connectivity index (χ4v) is 10.4. The molecule has 0 aliphatic rings. The maximum atomic E-state index is 14.7. The van der Waals surface area contributed by atoms with Gasteiger partial charge < -0.3 is 39.9 Å². The minimum absolute atomic E-state index is 0.0165. The summed E-state index contributed by atoms with van der Waals surface area (Å²) in [6.45, 7) is 11.1. The van der Waals surface area contributed by atoms with Crippen molar-refractivity contribution in [2.75, 3.05) is 46.0 Å². The number of halogens is 7. The molecule has 0 saturated heterocycles.